The van der Waals surface area contributed by atoms with Gasteiger partial charge in [0, 0.05) is 17.7 Å². The van der Waals surface area contributed by atoms with Crippen LogP contribution in [-0.2, 0) is 0 Å². The third kappa shape index (κ3) is 3.06. The van der Waals surface area contributed by atoms with Crippen LogP contribution in [0.3, 0.4) is 0 Å². The van der Waals surface area contributed by atoms with E-state index in [2.05, 4.69) is 6.58 Å². The van der Waals surface area contributed by atoms with E-state index >= 15 is 0 Å². The van der Waals surface area contributed by atoms with Gasteiger partial charge in [0.25, 0.3) is 0 Å². The van der Waals surface area contributed by atoms with Crippen molar-refractivity contribution in [1.82, 2.24) is 0 Å². The third-order valence-corrected chi connectivity index (χ3v) is 2.12. The molecule has 3 heteroatoms. The number of ether oxygens (including phenoxy) is 1. The highest BCUT2D eigenvalue weighted by Crippen LogP contribution is 2.21. The molecular weight excluding hydrogens is 193 g/mol. The van der Waals surface area contributed by atoms with Crippen molar-refractivity contribution in [2.75, 3.05) is 0 Å². The Kier molecular flexibility index (Phi) is 3.86. The summed E-state index contributed by atoms with van der Waals surface area (Å²) in [6.07, 6.45) is 1.52. The minimum atomic E-state index is -0.334. The van der Waals surface area contributed by atoms with Crippen LogP contribution < -0.4 is 10.5 Å². The molecule has 0 saturated heterocycles. The highest BCUT2D eigenvalue weighted by atomic mass is 19.1. The van der Waals surface area contributed by atoms with E-state index in [4.69, 9.17) is 10.5 Å². The Morgan fingerprint density at radius 3 is 2.60 bits per heavy atom. The van der Waals surface area contributed by atoms with Gasteiger partial charge in [-0.15, -0.1) is 0 Å². The molecule has 0 fully saturated rings. The summed E-state index contributed by atoms with van der Waals surface area (Å²) in [6.45, 7) is 7.17. The molecule has 15 heavy (non-hydrogen) atoms. The molecule has 0 aromatic heterocycles. The Hall–Kier alpha value is -1.35. The average molecular weight is 209 g/mol. The molecule has 0 aliphatic heterocycles. The van der Waals surface area contributed by atoms with Gasteiger partial charge in [0.05, 0.1) is 0 Å². The zero-order valence-electron chi connectivity index (χ0n) is 9.03. The van der Waals surface area contributed by atoms with Crippen molar-refractivity contribution >= 4 is 0 Å². The number of benzene rings is 1. The Balaban J connectivity index is 2.86. The van der Waals surface area contributed by atoms with Gasteiger partial charge in [-0.3, -0.25) is 0 Å². The zero-order chi connectivity index (χ0) is 11.4. The van der Waals surface area contributed by atoms with Crippen molar-refractivity contribution in [2.45, 2.75) is 26.0 Å². The molecule has 0 saturated carbocycles. The molecule has 2 unspecified atom stereocenters. The molecule has 1 aromatic carbocycles. The Labute approximate surface area is 89.6 Å². The summed E-state index contributed by atoms with van der Waals surface area (Å²) < 4.78 is 18.8. The molecule has 1 rings (SSSR count). The topological polar surface area (TPSA) is 35.2 Å². The first-order chi connectivity index (χ1) is 7.04. The maximum absolute atomic E-state index is 13.5. The standard InChI is InChI=1S/C12H16FNO/c1-4-8(2)15-10-5-6-11(9(3)14)12(13)7-10/h4-9H,1,14H2,2-3H3. The van der Waals surface area contributed by atoms with Gasteiger partial charge in [-0.25, -0.2) is 4.39 Å². The highest BCUT2D eigenvalue weighted by Gasteiger charge is 2.08. The van der Waals surface area contributed by atoms with Crippen LogP contribution in [0.15, 0.2) is 30.9 Å². The predicted molar refractivity (Wildman–Crippen MR) is 59.3 cm³/mol. The number of hydrogen-bond acceptors (Lipinski definition) is 2. The quantitative estimate of drug-likeness (QED) is 0.774. The fourth-order valence-electron chi connectivity index (χ4n) is 1.21. The zero-order valence-corrected chi connectivity index (χ0v) is 9.03. The molecule has 2 N–H and O–H groups in total. The highest BCUT2D eigenvalue weighted by molar-refractivity contribution is 5.30. The lowest BCUT2D eigenvalue weighted by Gasteiger charge is -2.12. The van der Waals surface area contributed by atoms with E-state index < -0.39 is 0 Å². The molecule has 0 amide bonds. The minimum Gasteiger partial charge on any atom is -0.487 e. The van der Waals surface area contributed by atoms with Crippen LogP contribution in [-0.4, -0.2) is 6.10 Å². The van der Waals surface area contributed by atoms with Crippen LogP contribution in [0, 0.1) is 5.82 Å². The van der Waals surface area contributed by atoms with Crippen molar-refractivity contribution < 1.29 is 9.13 Å². The summed E-state index contributed by atoms with van der Waals surface area (Å²) in [6, 6.07) is 4.39. The van der Waals surface area contributed by atoms with E-state index in [0.717, 1.165) is 0 Å². The van der Waals surface area contributed by atoms with Gasteiger partial charge in [-0.1, -0.05) is 18.7 Å². The molecule has 0 heterocycles. The van der Waals surface area contributed by atoms with Crippen LogP contribution >= 0.6 is 0 Å². The smallest absolute Gasteiger partial charge is 0.131 e. The number of hydrogen-bond donors (Lipinski definition) is 1. The minimum absolute atomic E-state index is 0.134. The lowest BCUT2D eigenvalue weighted by Crippen LogP contribution is -2.10. The van der Waals surface area contributed by atoms with Crippen LogP contribution in [0.4, 0.5) is 4.39 Å². The molecule has 1 aromatic rings. The number of rotatable bonds is 4. The van der Waals surface area contributed by atoms with Gasteiger partial charge in [0.1, 0.15) is 17.7 Å². The average Bonchev–Trinajstić information content (AvgIpc) is 2.17. The van der Waals surface area contributed by atoms with Gasteiger partial charge in [0.2, 0.25) is 0 Å². The number of halogens is 1. The van der Waals surface area contributed by atoms with E-state index in [1.54, 1.807) is 25.1 Å². The molecule has 0 radical (unpaired) electrons. The van der Waals surface area contributed by atoms with Crippen molar-refractivity contribution in [2.24, 2.45) is 5.73 Å². The molecule has 2 nitrogen and oxygen atoms in total. The Morgan fingerprint density at radius 2 is 2.13 bits per heavy atom. The van der Waals surface area contributed by atoms with Crippen LogP contribution in [0.25, 0.3) is 0 Å². The SMILES string of the molecule is C=CC(C)Oc1ccc(C(C)N)c(F)c1. The molecular formula is C12H16FNO. The number of nitrogens with two attached hydrogens (primary N) is 1. The molecule has 0 aliphatic rings. The van der Waals surface area contributed by atoms with Gasteiger partial charge in [-0.05, 0) is 19.9 Å². The summed E-state index contributed by atoms with van der Waals surface area (Å²) in [7, 11) is 0. The lowest BCUT2D eigenvalue weighted by atomic mass is 10.1. The maximum atomic E-state index is 13.5. The van der Waals surface area contributed by atoms with Gasteiger partial charge >= 0.3 is 0 Å². The first kappa shape index (κ1) is 11.7. The molecule has 82 valence electrons. The van der Waals surface area contributed by atoms with Crippen LogP contribution in [0.2, 0.25) is 0 Å². The van der Waals surface area contributed by atoms with E-state index in [1.807, 2.05) is 6.92 Å². The van der Waals surface area contributed by atoms with E-state index in [9.17, 15) is 4.39 Å². The molecule has 0 spiro atoms. The van der Waals surface area contributed by atoms with Crippen molar-refractivity contribution in [1.29, 1.82) is 0 Å². The van der Waals surface area contributed by atoms with Crippen LogP contribution in [0.1, 0.15) is 25.5 Å². The summed E-state index contributed by atoms with van der Waals surface area (Å²) >= 11 is 0. The monoisotopic (exact) mass is 209 g/mol. The summed E-state index contributed by atoms with van der Waals surface area (Å²) in [5.41, 5.74) is 6.09. The Morgan fingerprint density at radius 1 is 1.47 bits per heavy atom. The Bertz CT molecular complexity index is 349. The normalized spacial score (nSPS) is 14.4. The predicted octanol–water partition coefficient (Wildman–Crippen LogP) is 2.80. The second-order valence-electron chi connectivity index (χ2n) is 3.53. The lowest BCUT2D eigenvalue weighted by molar-refractivity contribution is 0.269. The van der Waals surface area contributed by atoms with E-state index in [-0.39, 0.29) is 18.0 Å². The largest absolute Gasteiger partial charge is 0.487 e. The fraction of sp³-hybridized carbons (Fsp3) is 0.333. The first-order valence-corrected chi connectivity index (χ1v) is 4.89. The van der Waals surface area contributed by atoms with E-state index in [0.29, 0.717) is 11.3 Å². The third-order valence-electron chi connectivity index (χ3n) is 2.12. The van der Waals surface area contributed by atoms with Crippen LogP contribution in [0.5, 0.6) is 5.75 Å². The second kappa shape index (κ2) is 4.94. The van der Waals surface area contributed by atoms with Crippen molar-refractivity contribution in [3.8, 4) is 5.75 Å². The van der Waals surface area contributed by atoms with Gasteiger partial charge < -0.3 is 10.5 Å². The molecule has 0 bridgehead atoms. The fourth-order valence-corrected chi connectivity index (χ4v) is 1.21. The summed E-state index contributed by atoms with van der Waals surface area (Å²) in [4.78, 5) is 0. The van der Waals surface area contributed by atoms with Gasteiger partial charge in [0.15, 0.2) is 0 Å². The second-order valence-corrected chi connectivity index (χ2v) is 3.53. The van der Waals surface area contributed by atoms with Crippen molar-refractivity contribution in [3.63, 3.8) is 0 Å². The molecule has 0 aliphatic carbocycles. The maximum Gasteiger partial charge on any atom is 0.131 e. The first-order valence-electron chi connectivity index (χ1n) is 4.89. The van der Waals surface area contributed by atoms with E-state index in [1.165, 1.54) is 6.07 Å². The molecule has 2 atom stereocenters. The summed E-state index contributed by atoms with van der Waals surface area (Å²) in [5, 5.41) is 0. The van der Waals surface area contributed by atoms with Crippen molar-refractivity contribution in [3.05, 3.63) is 42.2 Å². The van der Waals surface area contributed by atoms with Gasteiger partial charge in [-0.2, -0.15) is 0 Å². The summed E-state index contributed by atoms with van der Waals surface area (Å²) in [5.74, 6) is 0.156.